The molecule has 1 aromatic carbocycles. The molecule has 1 amide bonds. The summed E-state index contributed by atoms with van der Waals surface area (Å²) in [5, 5.41) is 11.7. The maximum atomic E-state index is 12.1. The average Bonchev–Trinajstić information content (AvgIpc) is 2.78. The molecule has 0 spiro atoms. The molecular weight excluding hydrogens is 312 g/mol. The molecule has 2 rings (SSSR count). The first kappa shape index (κ1) is 14.0. The number of amides is 1. The van der Waals surface area contributed by atoms with E-state index in [1.54, 1.807) is 6.07 Å². The van der Waals surface area contributed by atoms with Gasteiger partial charge < -0.3 is 16.2 Å². The number of anilines is 1. The molecule has 0 aliphatic heterocycles. The minimum Gasteiger partial charge on any atom is -0.478 e. The largest absolute Gasteiger partial charge is 0.478 e. The van der Waals surface area contributed by atoms with Crippen molar-refractivity contribution < 1.29 is 14.7 Å². The number of carboxylic acids is 1. The molecule has 6 heteroatoms. The van der Waals surface area contributed by atoms with Gasteiger partial charge in [0.2, 0.25) is 5.91 Å². The first-order chi connectivity index (χ1) is 8.99. The van der Waals surface area contributed by atoms with Crippen LogP contribution in [0.3, 0.4) is 0 Å². The predicted molar refractivity (Wildman–Crippen MR) is 75.0 cm³/mol. The summed E-state index contributed by atoms with van der Waals surface area (Å²) in [6, 6.07) is 4.41. The molecule has 19 heavy (non-hydrogen) atoms. The predicted octanol–water partition coefficient (Wildman–Crippen LogP) is 2.21. The van der Waals surface area contributed by atoms with E-state index in [-0.39, 0.29) is 23.4 Å². The van der Waals surface area contributed by atoms with Gasteiger partial charge in [-0.05, 0) is 47.0 Å². The number of aromatic carboxylic acids is 1. The highest BCUT2D eigenvalue weighted by Gasteiger charge is 2.30. The molecule has 1 saturated carbocycles. The normalized spacial score (nSPS) is 22.2. The average molecular weight is 327 g/mol. The number of halogens is 1. The smallest absolute Gasteiger partial charge is 0.335 e. The molecule has 0 radical (unpaired) electrons. The lowest BCUT2D eigenvalue weighted by Crippen LogP contribution is -2.34. The summed E-state index contributed by atoms with van der Waals surface area (Å²) in [6.07, 6.45) is 2.59. The Kier molecular flexibility index (Phi) is 4.21. The second-order valence-electron chi connectivity index (χ2n) is 4.69. The van der Waals surface area contributed by atoms with Crippen molar-refractivity contribution in [1.29, 1.82) is 0 Å². The van der Waals surface area contributed by atoms with Crippen molar-refractivity contribution >= 4 is 33.5 Å². The van der Waals surface area contributed by atoms with Crippen molar-refractivity contribution in [2.24, 2.45) is 11.7 Å². The zero-order valence-electron chi connectivity index (χ0n) is 10.2. The number of hydrogen-bond acceptors (Lipinski definition) is 3. The maximum Gasteiger partial charge on any atom is 0.335 e. The summed E-state index contributed by atoms with van der Waals surface area (Å²) >= 11 is 3.29. The van der Waals surface area contributed by atoms with Gasteiger partial charge in [0.25, 0.3) is 0 Å². The summed E-state index contributed by atoms with van der Waals surface area (Å²) in [5.74, 6) is -1.37. The van der Waals surface area contributed by atoms with Crippen molar-refractivity contribution in [2.75, 3.05) is 5.32 Å². The van der Waals surface area contributed by atoms with Crippen LogP contribution in [0.4, 0.5) is 5.69 Å². The lowest BCUT2D eigenvalue weighted by Gasteiger charge is -2.16. The Hall–Kier alpha value is -1.40. The van der Waals surface area contributed by atoms with E-state index in [1.807, 2.05) is 0 Å². The number of hydrogen-bond donors (Lipinski definition) is 3. The lowest BCUT2D eigenvalue weighted by atomic mass is 10.0. The fourth-order valence-corrected chi connectivity index (χ4v) is 2.64. The van der Waals surface area contributed by atoms with E-state index in [4.69, 9.17) is 10.8 Å². The molecular formula is C13H15BrN2O3. The molecule has 1 fully saturated rings. The minimum atomic E-state index is -1.03. The maximum absolute atomic E-state index is 12.1. The topological polar surface area (TPSA) is 92.4 Å². The SMILES string of the molecule is NC1CCCC1C(=O)Nc1cc(C(=O)O)ccc1Br. The Labute approximate surface area is 119 Å². The van der Waals surface area contributed by atoms with Crippen LogP contribution < -0.4 is 11.1 Å². The zero-order chi connectivity index (χ0) is 14.0. The number of benzene rings is 1. The van der Waals surface area contributed by atoms with Crippen molar-refractivity contribution in [3.8, 4) is 0 Å². The fraction of sp³-hybridized carbons (Fsp3) is 0.385. The van der Waals surface area contributed by atoms with Crippen LogP contribution >= 0.6 is 15.9 Å². The first-order valence-corrected chi connectivity index (χ1v) is 6.87. The van der Waals surface area contributed by atoms with Gasteiger partial charge in [-0.2, -0.15) is 0 Å². The van der Waals surface area contributed by atoms with Crippen LogP contribution in [0, 0.1) is 5.92 Å². The Morgan fingerprint density at radius 3 is 2.68 bits per heavy atom. The van der Waals surface area contributed by atoms with Gasteiger partial charge in [0.15, 0.2) is 0 Å². The second kappa shape index (κ2) is 5.71. The fourth-order valence-electron chi connectivity index (χ4n) is 2.29. The Bertz CT molecular complexity index is 519. The van der Waals surface area contributed by atoms with Gasteiger partial charge in [-0.3, -0.25) is 4.79 Å². The van der Waals surface area contributed by atoms with Crippen LogP contribution in [0.15, 0.2) is 22.7 Å². The van der Waals surface area contributed by atoms with E-state index >= 15 is 0 Å². The Morgan fingerprint density at radius 2 is 2.11 bits per heavy atom. The van der Waals surface area contributed by atoms with Gasteiger partial charge in [0.1, 0.15) is 0 Å². The van der Waals surface area contributed by atoms with Crippen molar-refractivity contribution in [3.05, 3.63) is 28.2 Å². The summed E-state index contributed by atoms with van der Waals surface area (Å²) < 4.78 is 0.650. The molecule has 1 aromatic rings. The molecule has 0 heterocycles. The Balaban J connectivity index is 2.16. The number of carbonyl (C=O) groups excluding carboxylic acids is 1. The number of carboxylic acid groups (broad SMARTS) is 1. The molecule has 102 valence electrons. The van der Waals surface area contributed by atoms with E-state index in [9.17, 15) is 9.59 Å². The number of nitrogens with two attached hydrogens (primary N) is 1. The number of carbonyl (C=O) groups is 2. The zero-order valence-corrected chi connectivity index (χ0v) is 11.8. The van der Waals surface area contributed by atoms with Crippen LogP contribution in [0.25, 0.3) is 0 Å². The summed E-state index contributed by atoms with van der Waals surface area (Å²) in [5.41, 5.74) is 6.48. The molecule has 1 aliphatic carbocycles. The third kappa shape index (κ3) is 3.13. The van der Waals surface area contributed by atoms with Crippen LogP contribution in [-0.2, 0) is 4.79 Å². The van der Waals surface area contributed by atoms with E-state index in [0.717, 1.165) is 19.3 Å². The third-order valence-electron chi connectivity index (χ3n) is 3.38. The van der Waals surface area contributed by atoms with E-state index in [1.165, 1.54) is 12.1 Å². The molecule has 1 aliphatic rings. The first-order valence-electron chi connectivity index (χ1n) is 6.08. The molecule has 0 saturated heterocycles. The molecule has 4 N–H and O–H groups in total. The number of rotatable bonds is 3. The van der Waals surface area contributed by atoms with Gasteiger partial charge in [-0.15, -0.1) is 0 Å². The van der Waals surface area contributed by atoms with Crippen LogP contribution in [0.1, 0.15) is 29.6 Å². The number of nitrogens with one attached hydrogen (secondary N) is 1. The van der Waals surface area contributed by atoms with Gasteiger partial charge in [-0.1, -0.05) is 6.42 Å². The highest BCUT2D eigenvalue weighted by atomic mass is 79.9. The third-order valence-corrected chi connectivity index (χ3v) is 4.07. The van der Waals surface area contributed by atoms with Gasteiger partial charge in [0.05, 0.1) is 17.2 Å². The molecule has 5 nitrogen and oxygen atoms in total. The van der Waals surface area contributed by atoms with E-state index < -0.39 is 5.97 Å². The molecule has 0 aromatic heterocycles. The molecule has 2 atom stereocenters. The molecule has 0 bridgehead atoms. The highest BCUT2D eigenvalue weighted by molar-refractivity contribution is 9.10. The van der Waals surface area contributed by atoms with Gasteiger partial charge in [-0.25, -0.2) is 4.79 Å². The summed E-state index contributed by atoms with van der Waals surface area (Å²) in [4.78, 5) is 23.0. The van der Waals surface area contributed by atoms with Crippen molar-refractivity contribution in [1.82, 2.24) is 0 Å². The van der Waals surface area contributed by atoms with Gasteiger partial charge >= 0.3 is 5.97 Å². The van der Waals surface area contributed by atoms with Crippen molar-refractivity contribution in [3.63, 3.8) is 0 Å². The van der Waals surface area contributed by atoms with E-state index in [0.29, 0.717) is 10.2 Å². The highest BCUT2D eigenvalue weighted by Crippen LogP contribution is 2.28. The standard InChI is InChI=1S/C13H15BrN2O3/c14-9-5-4-7(13(18)19)6-11(9)16-12(17)8-2-1-3-10(8)15/h4-6,8,10H,1-3,15H2,(H,16,17)(H,18,19). The molecule has 2 unspecified atom stereocenters. The van der Waals surface area contributed by atoms with Crippen molar-refractivity contribution in [2.45, 2.75) is 25.3 Å². The summed E-state index contributed by atoms with van der Waals surface area (Å²) in [6.45, 7) is 0. The Morgan fingerprint density at radius 1 is 1.37 bits per heavy atom. The minimum absolute atomic E-state index is 0.110. The second-order valence-corrected chi connectivity index (χ2v) is 5.54. The van der Waals surface area contributed by atoms with Gasteiger partial charge in [0, 0.05) is 10.5 Å². The quantitative estimate of drug-likeness (QED) is 0.794. The lowest BCUT2D eigenvalue weighted by molar-refractivity contribution is -0.120. The monoisotopic (exact) mass is 326 g/mol. The summed E-state index contributed by atoms with van der Waals surface area (Å²) in [7, 11) is 0. The van der Waals surface area contributed by atoms with Crippen LogP contribution in [-0.4, -0.2) is 23.0 Å². The van der Waals surface area contributed by atoms with Crippen LogP contribution in [0.2, 0.25) is 0 Å². The van der Waals surface area contributed by atoms with E-state index in [2.05, 4.69) is 21.2 Å². The van der Waals surface area contributed by atoms with Crippen LogP contribution in [0.5, 0.6) is 0 Å².